The molecule has 2 atom stereocenters. The monoisotopic (exact) mass is 317 g/mol. The van der Waals surface area contributed by atoms with E-state index >= 15 is 0 Å². The van der Waals surface area contributed by atoms with Crippen LogP contribution in [0, 0.1) is 0 Å². The van der Waals surface area contributed by atoms with E-state index in [1.165, 1.54) is 25.2 Å². The van der Waals surface area contributed by atoms with E-state index < -0.39 is 6.52 Å². The van der Waals surface area contributed by atoms with E-state index in [0.29, 0.717) is 0 Å². The number of allylic oxidation sites excluding steroid dienone is 1. The summed E-state index contributed by atoms with van der Waals surface area (Å²) in [4.78, 5) is 21.6. The van der Waals surface area contributed by atoms with Crippen molar-refractivity contribution in [2.75, 3.05) is 34.5 Å². The van der Waals surface area contributed by atoms with Crippen molar-refractivity contribution < 1.29 is 28.5 Å². The van der Waals surface area contributed by atoms with Crippen LogP contribution in [0.3, 0.4) is 0 Å². The van der Waals surface area contributed by atoms with Gasteiger partial charge in [0, 0.05) is 20.3 Å². The topological polar surface area (TPSA) is 74.3 Å². The number of amides is 1. The maximum atomic E-state index is 12.3. The molecule has 7 nitrogen and oxygen atoms in total. The molecule has 2 unspecified atom stereocenters. The standard InChI is InChI=1S/C8H18NO6P3/c1-9(2)8(10)6-5-7-18(11,16-14-12-3)17-15-13-4/h5-6,16-17H,7H2,1-4H3/b6-5+. The minimum Gasteiger partial charge on any atom is -0.345 e. The van der Waals surface area contributed by atoms with E-state index in [-0.39, 0.29) is 29.1 Å². The predicted octanol–water partition coefficient (Wildman–Crippen LogP) is 2.17. The molecule has 0 saturated carbocycles. The average molecular weight is 317 g/mol. The first-order valence-corrected chi connectivity index (χ1v) is 10.2. The fourth-order valence-corrected chi connectivity index (χ4v) is 5.08. The lowest BCUT2D eigenvalue weighted by molar-refractivity contribution is -0.165. The molecule has 0 N–H and O–H groups in total. The second kappa shape index (κ2) is 9.99. The molecule has 18 heavy (non-hydrogen) atoms. The quantitative estimate of drug-likeness (QED) is 0.281. The van der Waals surface area contributed by atoms with Gasteiger partial charge in [-0.15, -0.1) is 0 Å². The van der Waals surface area contributed by atoms with Gasteiger partial charge in [-0.1, -0.05) is 6.08 Å². The minimum absolute atomic E-state index is 0.173. The summed E-state index contributed by atoms with van der Waals surface area (Å²) in [6, 6.07) is 0. The lowest BCUT2D eigenvalue weighted by Crippen LogP contribution is -2.18. The van der Waals surface area contributed by atoms with Crippen LogP contribution in [-0.2, 0) is 28.5 Å². The molecule has 0 aromatic heterocycles. The highest BCUT2D eigenvalue weighted by Gasteiger charge is 2.24. The third-order valence-corrected chi connectivity index (χ3v) is 8.35. The van der Waals surface area contributed by atoms with Crippen molar-refractivity contribution in [2.24, 2.45) is 0 Å². The molecule has 0 aliphatic rings. The van der Waals surface area contributed by atoms with Gasteiger partial charge in [0.15, 0.2) is 6.52 Å². The molecule has 0 bridgehead atoms. The highest BCUT2D eigenvalue weighted by atomic mass is 32.5. The van der Waals surface area contributed by atoms with E-state index in [9.17, 15) is 9.36 Å². The van der Waals surface area contributed by atoms with Crippen molar-refractivity contribution in [3.8, 4) is 0 Å². The van der Waals surface area contributed by atoms with Crippen LogP contribution in [0.4, 0.5) is 0 Å². The van der Waals surface area contributed by atoms with Gasteiger partial charge < -0.3 is 9.46 Å². The van der Waals surface area contributed by atoms with Gasteiger partial charge >= 0.3 is 0 Å². The van der Waals surface area contributed by atoms with Crippen molar-refractivity contribution in [1.29, 1.82) is 0 Å². The number of nitrogens with zero attached hydrogens (tertiary/aromatic N) is 1. The normalized spacial score (nSPS) is 16.0. The molecular formula is C8H18NO6P3. The van der Waals surface area contributed by atoms with Crippen molar-refractivity contribution >= 4 is 29.4 Å². The molecule has 0 aliphatic carbocycles. The maximum Gasteiger partial charge on any atom is 0.245 e. The molecular weight excluding hydrogens is 299 g/mol. The maximum absolute atomic E-state index is 12.3. The Balaban J connectivity index is 4.40. The van der Waals surface area contributed by atoms with Crippen LogP contribution in [0.2, 0.25) is 0 Å². The Bertz CT molecular complexity index is 310. The molecule has 0 heterocycles. The number of likely N-dealkylation sites (N-methyl/N-ethyl adjacent to an activating group) is 1. The summed E-state index contributed by atoms with van der Waals surface area (Å²) in [7, 11) is 5.24. The molecule has 0 rings (SSSR count). The van der Waals surface area contributed by atoms with Crippen LogP contribution in [0.15, 0.2) is 12.2 Å². The third-order valence-electron chi connectivity index (χ3n) is 1.60. The van der Waals surface area contributed by atoms with E-state index in [1.54, 1.807) is 20.2 Å². The van der Waals surface area contributed by atoms with Gasteiger partial charge in [-0.3, -0.25) is 4.79 Å². The van der Waals surface area contributed by atoms with Crippen LogP contribution in [-0.4, -0.2) is 45.3 Å². The lowest BCUT2D eigenvalue weighted by atomic mass is 10.5. The average Bonchev–Trinajstić information content (AvgIpc) is 2.34. The molecule has 0 aromatic carbocycles. The van der Waals surface area contributed by atoms with Crippen molar-refractivity contribution in [1.82, 2.24) is 4.90 Å². The fourth-order valence-electron chi connectivity index (χ4n) is 0.739. The van der Waals surface area contributed by atoms with Crippen LogP contribution in [0.5, 0.6) is 0 Å². The van der Waals surface area contributed by atoms with Crippen LogP contribution < -0.4 is 0 Å². The van der Waals surface area contributed by atoms with E-state index in [0.717, 1.165) is 0 Å². The zero-order valence-corrected chi connectivity index (χ0v) is 13.6. The van der Waals surface area contributed by atoms with Gasteiger partial charge in [0.05, 0.1) is 14.2 Å². The van der Waals surface area contributed by atoms with Gasteiger partial charge in [-0.25, -0.2) is 19.1 Å². The second-order valence-corrected chi connectivity index (χ2v) is 12.6. The van der Waals surface area contributed by atoms with Gasteiger partial charge in [0.2, 0.25) is 5.91 Å². The Kier molecular flexibility index (Phi) is 10.1. The summed E-state index contributed by atoms with van der Waals surface area (Å²) in [6.45, 7) is -2.74. The summed E-state index contributed by atoms with van der Waals surface area (Å²) in [5.41, 5.74) is 0. The Morgan fingerprint density at radius 3 is 2.11 bits per heavy atom. The van der Waals surface area contributed by atoms with Crippen molar-refractivity contribution in [3.63, 3.8) is 0 Å². The SMILES string of the molecule is COOPP(=O)(C/C=C/C(=O)N(C)C)POOC. The molecule has 0 radical (unpaired) electrons. The Labute approximate surface area is 110 Å². The van der Waals surface area contributed by atoms with Gasteiger partial charge in [-0.2, -0.15) is 0 Å². The molecule has 1 amide bonds. The summed E-state index contributed by atoms with van der Waals surface area (Å²) < 4.78 is 21.7. The summed E-state index contributed by atoms with van der Waals surface area (Å²) in [5, 5.41) is 0. The molecule has 0 saturated heterocycles. The van der Waals surface area contributed by atoms with E-state index in [2.05, 4.69) is 9.78 Å². The van der Waals surface area contributed by atoms with Crippen LogP contribution in [0.1, 0.15) is 0 Å². The highest BCUT2D eigenvalue weighted by molar-refractivity contribution is 8.53. The molecule has 106 valence electrons. The molecule has 10 heteroatoms. The van der Waals surface area contributed by atoms with Crippen LogP contribution >= 0.6 is 23.5 Å². The first kappa shape index (κ1) is 18.1. The number of hydrogen-bond donors (Lipinski definition) is 0. The molecule has 0 fully saturated rings. The largest absolute Gasteiger partial charge is 0.345 e. The Morgan fingerprint density at radius 1 is 1.22 bits per heavy atom. The Hall–Kier alpha value is 0.140. The smallest absolute Gasteiger partial charge is 0.245 e. The van der Waals surface area contributed by atoms with Gasteiger partial charge in [0.1, 0.15) is 17.0 Å². The van der Waals surface area contributed by atoms with E-state index in [1.807, 2.05) is 0 Å². The number of carbonyl (C=O) groups excluding carboxylic acids is 1. The first-order valence-electron chi connectivity index (χ1n) is 4.86. The molecule has 0 aromatic rings. The molecule has 0 spiro atoms. The zero-order valence-electron chi connectivity index (χ0n) is 10.7. The summed E-state index contributed by atoms with van der Waals surface area (Å²) in [5.74, 6) is -0.173. The highest BCUT2D eigenvalue weighted by Crippen LogP contribution is 2.77. The minimum atomic E-state index is -2.74. The fraction of sp³-hybridized carbons (Fsp3) is 0.625. The van der Waals surface area contributed by atoms with Crippen molar-refractivity contribution in [3.05, 3.63) is 12.2 Å². The lowest BCUT2D eigenvalue weighted by Gasteiger charge is -2.13. The predicted molar refractivity (Wildman–Crippen MR) is 73.1 cm³/mol. The number of rotatable bonds is 9. The summed E-state index contributed by atoms with van der Waals surface area (Å²) in [6.07, 6.45) is 3.10. The van der Waals surface area contributed by atoms with E-state index in [4.69, 9.17) is 9.35 Å². The first-order chi connectivity index (χ1) is 8.45. The zero-order chi connectivity index (χ0) is 14.0. The van der Waals surface area contributed by atoms with Crippen molar-refractivity contribution in [2.45, 2.75) is 0 Å². The van der Waals surface area contributed by atoms with Gasteiger partial charge in [0.25, 0.3) is 0 Å². The Morgan fingerprint density at radius 2 is 1.72 bits per heavy atom. The second-order valence-electron chi connectivity index (χ2n) is 3.24. The van der Waals surface area contributed by atoms with Crippen LogP contribution in [0.25, 0.3) is 0 Å². The summed E-state index contributed by atoms with van der Waals surface area (Å²) >= 11 is 0. The molecule has 0 aliphatic heterocycles. The number of carbonyl (C=O) groups is 1. The third kappa shape index (κ3) is 8.28. The number of hydrogen-bond acceptors (Lipinski definition) is 6. The van der Waals surface area contributed by atoms with Gasteiger partial charge in [-0.05, 0) is 6.08 Å².